The van der Waals surface area contributed by atoms with E-state index in [2.05, 4.69) is 59.6 Å². The molecule has 2 aromatic carbocycles. The van der Waals surface area contributed by atoms with Crippen molar-refractivity contribution in [1.82, 2.24) is 9.97 Å². The molecule has 0 unspecified atom stereocenters. The number of ether oxygens (including phenoxy) is 2. The van der Waals surface area contributed by atoms with Gasteiger partial charge in [-0.2, -0.15) is 0 Å². The van der Waals surface area contributed by atoms with Gasteiger partial charge in [-0.05, 0) is 34.7 Å². The molecule has 1 heterocycles. The zero-order valence-electron chi connectivity index (χ0n) is 17.6. The molecule has 0 fully saturated rings. The molecule has 6 nitrogen and oxygen atoms in total. The van der Waals surface area contributed by atoms with Crippen LogP contribution in [0, 0.1) is 0 Å². The molecule has 1 aromatic heterocycles. The van der Waals surface area contributed by atoms with Gasteiger partial charge < -0.3 is 20.1 Å². The highest BCUT2D eigenvalue weighted by molar-refractivity contribution is 5.63. The maximum Gasteiger partial charge on any atom is 0.161 e. The minimum Gasteiger partial charge on any atom is -0.493 e. The number of para-hydroxylation sites is 1. The van der Waals surface area contributed by atoms with Crippen molar-refractivity contribution in [3.63, 3.8) is 0 Å². The van der Waals surface area contributed by atoms with Crippen LogP contribution in [0.3, 0.4) is 0 Å². The fourth-order valence-electron chi connectivity index (χ4n) is 3.09. The van der Waals surface area contributed by atoms with E-state index in [1.54, 1.807) is 20.5 Å². The molecular weight excluding hydrogens is 364 g/mol. The second-order valence-electron chi connectivity index (χ2n) is 7.75. The van der Waals surface area contributed by atoms with Gasteiger partial charge >= 0.3 is 0 Å². The number of rotatable bonds is 7. The molecule has 0 aliphatic heterocycles. The molecule has 0 spiro atoms. The zero-order chi connectivity index (χ0) is 20.9. The minimum absolute atomic E-state index is 0.0329. The summed E-state index contributed by atoms with van der Waals surface area (Å²) in [7, 11) is 3.26. The lowest BCUT2D eigenvalue weighted by Gasteiger charge is -2.23. The quantitative estimate of drug-likeness (QED) is 0.580. The molecule has 2 N–H and O–H groups in total. The number of methoxy groups -OCH3 is 2. The number of hydrogen-bond acceptors (Lipinski definition) is 6. The molecule has 29 heavy (non-hydrogen) atoms. The Kier molecular flexibility index (Phi) is 6.22. The molecule has 3 aromatic rings. The van der Waals surface area contributed by atoms with Crippen molar-refractivity contribution in [3.8, 4) is 11.5 Å². The number of nitrogens with zero attached hydrogens (tertiary/aromatic N) is 2. The van der Waals surface area contributed by atoms with Gasteiger partial charge in [-0.3, -0.25) is 0 Å². The summed E-state index contributed by atoms with van der Waals surface area (Å²) in [4.78, 5) is 8.69. The Balaban J connectivity index is 1.73. The van der Waals surface area contributed by atoms with Crippen molar-refractivity contribution in [2.24, 2.45) is 0 Å². The predicted molar refractivity (Wildman–Crippen MR) is 117 cm³/mol. The number of anilines is 3. The SMILES string of the molecule is COc1ccc(CNc2cc(Nc3ccccc3C(C)(C)C)ncn2)cc1OC. The van der Waals surface area contributed by atoms with E-state index < -0.39 is 0 Å². The second-order valence-corrected chi connectivity index (χ2v) is 7.75. The summed E-state index contributed by atoms with van der Waals surface area (Å²) in [5, 5.41) is 6.76. The van der Waals surface area contributed by atoms with Crippen molar-refractivity contribution < 1.29 is 9.47 Å². The summed E-state index contributed by atoms with van der Waals surface area (Å²) in [6.07, 6.45) is 1.55. The third-order valence-electron chi connectivity index (χ3n) is 4.59. The molecule has 0 amide bonds. The average Bonchev–Trinajstić information content (AvgIpc) is 2.72. The standard InChI is InChI=1S/C23H28N4O2/c1-23(2,3)17-8-6-7-9-18(17)27-22-13-21(25-15-26-22)24-14-16-10-11-19(28-4)20(12-16)29-5/h6-13,15H,14H2,1-5H3,(H2,24,25,26,27). The highest BCUT2D eigenvalue weighted by atomic mass is 16.5. The monoisotopic (exact) mass is 392 g/mol. The van der Waals surface area contributed by atoms with Crippen molar-refractivity contribution in [2.75, 3.05) is 24.9 Å². The summed E-state index contributed by atoms with van der Waals surface area (Å²) >= 11 is 0. The Morgan fingerprint density at radius 1 is 0.862 bits per heavy atom. The maximum absolute atomic E-state index is 5.36. The van der Waals surface area contributed by atoms with Crippen LogP contribution in [0.5, 0.6) is 11.5 Å². The summed E-state index contributed by atoms with van der Waals surface area (Å²) in [5.74, 6) is 2.90. The van der Waals surface area contributed by atoms with Crippen molar-refractivity contribution >= 4 is 17.3 Å². The summed E-state index contributed by atoms with van der Waals surface area (Å²) in [6.45, 7) is 7.20. The third-order valence-corrected chi connectivity index (χ3v) is 4.59. The molecule has 0 aliphatic carbocycles. The van der Waals surface area contributed by atoms with Crippen LogP contribution in [-0.4, -0.2) is 24.2 Å². The number of aromatic nitrogens is 2. The Hall–Kier alpha value is -3.28. The Bertz CT molecular complexity index is 967. The lowest BCUT2D eigenvalue weighted by Crippen LogP contribution is -2.13. The molecule has 0 bridgehead atoms. The van der Waals surface area contributed by atoms with E-state index in [-0.39, 0.29) is 5.41 Å². The smallest absolute Gasteiger partial charge is 0.161 e. The van der Waals surface area contributed by atoms with Crippen molar-refractivity contribution in [2.45, 2.75) is 32.7 Å². The molecule has 0 radical (unpaired) electrons. The van der Waals surface area contributed by atoms with Crippen molar-refractivity contribution in [1.29, 1.82) is 0 Å². The van der Waals surface area contributed by atoms with Crippen LogP contribution in [-0.2, 0) is 12.0 Å². The first kappa shape index (κ1) is 20.5. The van der Waals surface area contributed by atoms with Gasteiger partial charge in [0.25, 0.3) is 0 Å². The van der Waals surface area contributed by atoms with Gasteiger partial charge in [0.05, 0.1) is 14.2 Å². The fraction of sp³-hybridized carbons (Fsp3) is 0.304. The van der Waals surface area contributed by atoms with E-state index in [9.17, 15) is 0 Å². The average molecular weight is 393 g/mol. The fourth-order valence-corrected chi connectivity index (χ4v) is 3.09. The maximum atomic E-state index is 5.36. The van der Waals surface area contributed by atoms with Gasteiger partial charge in [-0.1, -0.05) is 45.0 Å². The number of nitrogens with one attached hydrogen (secondary N) is 2. The number of hydrogen-bond donors (Lipinski definition) is 2. The van der Waals surface area contributed by atoms with E-state index in [0.717, 1.165) is 22.9 Å². The first-order valence-electron chi connectivity index (χ1n) is 9.54. The number of benzene rings is 2. The summed E-state index contributed by atoms with van der Waals surface area (Å²) in [5.41, 5.74) is 3.38. The van der Waals surface area contributed by atoms with Crippen LogP contribution >= 0.6 is 0 Å². The molecule has 0 aliphatic rings. The van der Waals surface area contributed by atoms with Gasteiger partial charge in [0.15, 0.2) is 11.5 Å². The molecular formula is C23H28N4O2. The molecule has 0 saturated heterocycles. The van der Waals surface area contributed by atoms with Gasteiger partial charge in [-0.15, -0.1) is 0 Å². The molecule has 152 valence electrons. The van der Waals surface area contributed by atoms with Gasteiger partial charge in [0.1, 0.15) is 18.0 Å². The first-order chi connectivity index (χ1) is 13.9. The van der Waals surface area contributed by atoms with Gasteiger partial charge in [-0.25, -0.2) is 9.97 Å². The molecule has 0 atom stereocenters. The van der Waals surface area contributed by atoms with Gasteiger partial charge in [0.2, 0.25) is 0 Å². The van der Waals surface area contributed by atoms with Crippen molar-refractivity contribution in [3.05, 3.63) is 66.0 Å². The van der Waals surface area contributed by atoms with Crippen LogP contribution in [0.15, 0.2) is 54.9 Å². The Morgan fingerprint density at radius 3 is 2.31 bits per heavy atom. The lowest BCUT2D eigenvalue weighted by atomic mass is 9.86. The normalized spacial score (nSPS) is 11.1. The molecule has 6 heteroatoms. The van der Waals surface area contributed by atoms with E-state index in [1.165, 1.54) is 5.56 Å². The minimum atomic E-state index is 0.0329. The van der Waals surface area contributed by atoms with Crippen LogP contribution in [0.1, 0.15) is 31.9 Å². The van der Waals surface area contributed by atoms with Crippen LogP contribution < -0.4 is 20.1 Å². The highest BCUT2D eigenvalue weighted by Gasteiger charge is 2.17. The zero-order valence-corrected chi connectivity index (χ0v) is 17.6. The lowest BCUT2D eigenvalue weighted by molar-refractivity contribution is 0.354. The predicted octanol–water partition coefficient (Wildman–Crippen LogP) is 5.15. The van der Waals surface area contributed by atoms with Crippen LogP contribution in [0.2, 0.25) is 0 Å². The largest absolute Gasteiger partial charge is 0.493 e. The van der Waals surface area contributed by atoms with E-state index in [1.807, 2.05) is 30.3 Å². The second kappa shape index (κ2) is 8.82. The third kappa shape index (κ3) is 5.16. The summed E-state index contributed by atoms with van der Waals surface area (Å²) < 4.78 is 10.7. The first-order valence-corrected chi connectivity index (χ1v) is 9.54. The van der Waals surface area contributed by atoms with E-state index >= 15 is 0 Å². The van der Waals surface area contributed by atoms with E-state index in [4.69, 9.17) is 9.47 Å². The van der Waals surface area contributed by atoms with Crippen LogP contribution in [0.25, 0.3) is 0 Å². The van der Waals surface area contributed by atoms with Gasteiger partial charge in [0, 0.05) is 18.3 Å². The topological polar surface area (TPSA) is 68.3 Å². The van der Waals surface area contributed by atoms with E-state index in [0.29, 0.717) is 18.0 Å². The Labute approximate surface area is 172 Å². The summed E-state index contributed by atoms with van der Waals surface area (Å²) in [6, 6.07) is 16.0. The highest BCUT2D eigenvalue weighted by Crippen LogP contribution is 2.31. The van der Waals surface area contributed by atoms with Crippen LogP contribution in [0.4, 0.5) is 17.3 Å². The molecule has 0 saturated carbocycles. The molecule has 3 rings (SSSR count). The Morgan fingerprint density at radius 2 is 1.59 bits per heavy atom.